The molecule has 0 aliphatic rings. The van der Waals surface area contributed by atoms with Gasteiger partial charge in [0.25, 0.3) is 0 Å². The maximum absolute atomic E-state index is 12.2. The molecule has 1 heterocycles. The first-order valence-electron chi connectivity index (χ1n) is 6.13. The number of para-hydroxylation sites is 1. The van der Waals surface area contributed by atoms with Crippen molar-refractivity contribution in [3.8, 4) is 5.75 Å². The van der Waals surface area contributed by atoms with Crippen molar-refractivity contribution in [2.45, 2.75) is 18.9 Å². The van der Waals surface area contributed by atoms with Crippen LogP contribution < -0.4 is 4.74 Å². The second-order valence-electron chi connectivity index (χ2n) is 4.36. The van der Waals surface area contributed by atoms with Crippen molar-refractivity contribution < 1.29 is 14.5 Å². The van der Waals surface area contributed by atoms with E-state index >= 15 is 0 Å². The molecule has 104 valence electrons. The smallest absolute Gasteiger partial charge is 0.327 e. The Morgan fingerprint density at radius 3 is 2.50 bits per heavy atom. The van der Waals surface area contributed by atoms with E-state index in [2.05, 4.69) is 4.98 Å². The van der Waals surface area contributed by atoms with Crippen LogP contribution in [0.2, 0.25) is 0 Å². The van der Waals surface area contributed by atoms with E-state index in [1.54, 1.807) is 48.7 Å². The van der Waals surface area contributed by atoms with E-state index in [1.807, 2.05) is 0 Å². The third-order valence-corrected chi connectivity index (χ3v) is 2.99. The third-order valence-electron chi connectivity index (χ3n) is 2.99. The van der Waals surface area contributed by atoms with Crippen molar-refractivity contribution in [3.05, 3.63) is 64.5 Å². The van der Waals surface area contributed by atoms with Crippen LogP contribution in [0.1, 0.15) is 18.5 Å². The molecule has 6 heteroatoms. The van der Waals surface area contributed by atoms with Gasteiger partial charge in [0.15, 0.2) is 5.92 Å². The number of ether oxygens (including phenoxy) is 1. The van der Waals surface area contributed by atoms with Crippen molar-refractivity contribution in [2.75, 3.05) is 0 Å². The zero-order valence-corrected chi connectivity index (χ0v) is 10.9. The van der Waals surface area contributed by atoms with Gasteiger partial charge in [-0.2, -0.15) is 0 Å². The second kappa shape index (κ2) is 6.01. The van der Waals surface area contributed by atoms with E-state index in [-0.39, 0.29) is 0 Å². The van der Waals surface area contributed by atoms with Crippen molar-refractivity contribution in [1.82, 2.24) is 4.98 Å². The zero-order chi connectivity index (χ0) is 14.5. The highest BCUT2D eigenvalue weighted by Gasteiger charge is 2.37. The Bertz CT molecular complexity index is 580. The van der Waals surface area contributed by atoms with Gasteiger partial charge in [-0.15, -0.1) is 0 Å². The van der Waals surface area contributed by atoms with Gasteiger partial charge in [0.05, 0.1) is 0 Å². The monoisotopic (exact) mass is 274 g/mol. The van der Waals surface area contributed by atoms with Gasteiger partial charge in [-0.05, 0) is 24.3 Å². The quantitative estimate of drug-likeness (QED) is 0.392. The van der Waals surface area contributed by atoms with E-state index in [9.17, 15) is 14.9 Å². The van der Waals surface area contributed by atoms with E-state index in [0.29, 0.717) is 11.4 Å². The van der Waals surface area contributed by atoms with E-state index < -0.39 is 22.9 Å². The topological polar surface area (TPSA) is 85.2 Å². The maximum atomic E-state index is 12.2. The largest absolute Gasteiger partial charge is 0.426 e. The van der Waals surface area contributed by atoms with E-state index in [1.165, 1.54) is 6.92 Å². The minimum atomic E-state index is -1.08. The molecule has 0 saturated heterocycles. The lowest BCUT2D eigenvalue weighted by Gasteiger charge is -2.16. The van der Waals surface area contributed by atoms with Crippen molar-refractivity contribution in [1.29, 1.82) is 0 Å². The van der Waals surface area contributed by atoms with Gasteiger partial charge >= 0.3 is 5.97 Å². The van der Waals surface area contributed by atoms with Gasteiger partial charge in [-0.1, -0.05) is 18.2 Å². The van der Waals surface area contributed by atoms with Crippen LogP contribution in [0.15, 0.2) is 48.7 Å². The first-order chi connectivity index (χ1) is 9.59. The Labute approximate surface area is 115 Å². The van der Waals surface area contributed by atoms with Crippen LogP contribution in [0, 0.1) is 10.1 Å². The lowest BCUT2D eigenvalue weighted by atomic mass is 9.98. The lowest BCUT2D eigenvalue weighted by Crippen LogP contribution is -2.33. The fraction of sp³-hybridized carbons (Fsp3) is 0.214. The summed E-state index contributed by atoms with van der Waals surface area (Å²) in [5, 5.41) is 11.0. The number of carbonyl (C=O) groups is 1. The number of nitrogens with one attached hydrogen (secondary N) is 1. The fourth-order valence-electron chi connectivity index (χ4n) is 1.91. The van der Waals surface area contributed by atoms with Crippen LogP contribution in [0.3, 0.4) is 0 Å². The first kappa shape index (κ1) is 13.8. The first-order valence-corrected chi connectivity index (χ1v) is 6.13. The number of esters is 1. The zero-order valence-electron chi connectivity index (χ0n) is 10.9. The molecule has 0 bridgehead atoms. The molecule has 6 nitrogen and oxygen atoms in total. The summed E-state index contributed by atoms with van der Waals surface area (Å²) in [6, 6.07) is 10.7. The van der Waals surface area contributed by atoms with E-state index in [0.717, 1.165) is 0 Å². The number of H-pyrrole nitrogens is 1. The molecule has 0 saturated carbocycles. The van der Waals surface area contributed by atoms with Gasteiger partial charge in [-0.3, -0.25) is 14.9 Å². The summed E-state index contributed by atoms with van der Waals surface area (Å²) in [5.74, 6) is -1.26. The Morgan fingerprint density at radius 1 is 1.25 bits per heavy atom. The predicted octanol–water partition coefficient (Wildman–Crippen LogP) is 2.37. The molecular weight excluding hydrogens is 260 g/mol. The summed E-state index contributed by atoms with van der Waals surface area (Å²) in [6.07, 6.45) is 1.62. The molecule has 2 atom stereocenters. The van der Waals surface area contributed by atoms with Crippen molar-refractivity contribution in [2.24, 2.45) is 0 Å². The summed E-state index contributed by atoms with van der Waals surface area (Å²) >= 11 is 0. The number of hydrogen-bond acceptors (Lipinski definition) is 4. The summed E-state index contributed by atoms with van der Waals surface area (Å²) in [5.41, 5.74) is 0.468. The average molecular weight is 274 g/mol. The number of hydrogen-bond donors (Lipinski definition) is 1. The van der Waals surface area contributed by atoms with Gasteiger partial charge in [0, 0.05) is 23.7 Å². The Morgan fingerprint density at radius 2 is 1.95 bits per heavy atom. The van der Waals surface area contributed by atoms with Crippen LogP contribution in [0.25, 0.3) is 0 Å². The number of aromatic nitrogens is 1. The average Bonchev–Trinajstić information content (AvgIpc) is 2.93. The van der Waals surface area contributed by atoms with Gasteiger partial charge in [0.2, 0.25) is 6.04 Å². The number of benzene rings is 1. The maximum Gasteiger partial charge on any atom is 0.327 e. The van der Waals surface area contributed by atoms with Crippen molar-refractivity contribution in [3.63, 3.8) is 0 Å². The molecule has 1 aromatic carbocycles. The number of nitrogens with zero attached hydrogens (tertiary/aromatic N) is 1. The summed E-state index contributed by atoms with van der Waals surface area (Å²) < 4.78 is 5.21. The van der Waals surface area contributed by atoms with Crippen LogP contribution in [-0.2, 0) is 4.79 Å². The third kappa shape index (κ3) is 3.03. The number of nitro groups is 1. The number of rotatable bonds is 5. The fourth-order valence-corrected chi connectivity index (χ4v) is 1.91. The molecule has 1 N–H and O–H groups in total. The van der Waals surface area contributed by atoms with Crippen molar-refractivity contribution >= 4 is 5.97 Å². The molecular formula is C14H14N2O4. The van der Waals surface area contributed by atoms with Crippen LogP contribution in [-0.4, -0.2) is 21.9 Å². The molecule has 2 rings (SSSR count). The van der Waals surface area contributed by atoms with Gasteiger partial charge < -0.3 is 9.72 Å². The summed E-state index contributed by atoms with van der Waals surface area (Å²) in [7, 11) is 0. The molecule has 2 aromatic rings. The number of aromatic amines is 1. The number of carbonyl (C=O) groups excluding carboxylic acids is 1. The molecule has 0 amide bonds. The Hall–Kier alpha value is -2.63. The van der Waals surface area contributed by atoms with Crippen LogP contribution >= 0.6 is 0 Å². The predicted molar refractivity (Wildman–Crippen MR) is 72.1 cm³/mol. The molecule has 0 aliphatic carbocycles. The normalized spacial score (nSPS) is 13.4. The molecule has 0 aliphatic heterocycles. The molecule has 20 heavy (non-hydrogen) atoms. The van der Waals surface area contributed by atoms with E-state index in [4.69, 9.17) is 4.74 Å². The molecule has 1 aromatic heterocycles. The molecule has 0 spiro atoms. The summed E-state index contributed by atoms with van der Waals surface area (Å²) in [6.45, 7) is 1.39. The Balaban J connectivity index is 2.23. The van der Waals surface area contributed by atoms with Gasteiger partial charge in [-0.25, -0.2) is 0 Å². The van der Waals surface area contributed by atoms with Crippen LogP contribution in [0.4, 0.5) is 0 Å². The SMILES string of the molecule is C[C@@H]([C@H](C(=O)Oc1ccccc1)c1ccc[nH]1)[N+](=O)[O-]. The highest BCUT2D eigenvalue weighted by molar-refractivity contribution is 5.80. The standard InChI is InChI=1S/C14H14N2O4/c1-10(16(18)19)13(12-8-5-9-15-12)14(17)20-11-6-3-2-4-7-11/h2-10,13,15H,1H3/t10-,13-/m0/s1. The summed E-state index contributed by atoms with van der Waals surface area (Å²) in [4.78, 5) is 25.5. The molecule has 0 unspecified atom stereocenters. The lowest BCUT2D eigenvalue weighted by molar-refractivity contribution is -0.520. The van der Waals surface area contributed by atoms with Crippen LogP contribution in [0.5, 0.6) is 5.75 Å². The highest BCUT2D eigenvalue weighted by Crippen LogP contribution is 2.23. The minimum absolute atomic E-state index is 0.365. The Kier molecular flexibility index (Phi) is 4.14. The highest BCUT2D eigenvalue weighted by atomic mass is 16.6. The molecule has 0 radical (unpaired) electrons. The second-order valence-corrected chi connectivity index (χ2v) is 4.36. The molecule has 0 fully saturated rings. The van der Waals surface area contributed by atoms with Gasteiger partial charge in [0.1, 0.15) is 5.75 Å². The minimum Gasteiger partial charge on any atom is -0.426 e.